The number of nitrogens with zero attached hydrogens (tertiary/aromatic N) is 6. The molecule has 0 radical (unpaired) electrons. The van der Waals surface area contributed by atoms with E-state index in [0.29, 0.717) is 18.4 Å². The molecular formula is C10H16N8. The molecule has 2 rings (SSSR count). The van der Waals surface area contributed by atoms with Crippen LogP contribution < -0.4 is 16.0 Å². The first kappa shape index (κ1) is 12.1. The summed E-state index contributed by atoms with van der Waals surface area (Å²) in [4.78, 5) is 14.0. The lowest BCUT2D eigenvalue weighted by molar-refractivity contribution is 0.746. The predicted octanol–water partition coefficient (Wildman–Crippen LogP) is -0.135. The molecule has 2 aromatic rings. The lowest BCUT2D eigenvalue weighted by Crippen LogP contribution is -2.16. The Balaban J connectivity index is 2.09. The normalized spacial score (nSPS) is 10.4. The highest BCUT2D eigenvalue weighted by atomic mass is 15.3. The van der Waals surface area contributed by atoms with Gasteiger partial charge in [-0.15, -0.1) is 0 Å². The molecule has 0 saturated heterocycles. The maximum Gasteiger partial charge on any atom is 0.231 e. The van der Waals surface area contributed by atoms with Crippen molar-refractivity contribution in [3.63, 3.8) is 0 Å². The van der Waals surface area contributed by atoms with E-state index in [9.17, 15) is 0 Å². The summed E-state index contributed by atoms with van der Waals surface area (Å²) in [6.07, 6.45) is 1.88. The van der Waals surface area contributed by atoms with Gasteiger partial charge in [0.15, 0.2) is 0 Å². The highest BCUT2D eigenvalue weighted by molar-refractivity contribution is 5.40. The Morgan fingerprint density at radius 2 is 2.11 bits per heavy atom. The van der Waals surface area contributed by atoms with Gasteiger partial charge in [0.1, 0.15) is 0 Å². The van der Waals surface area contributed by atoms with Crippen molar-refractivity contribution in [1.82, 2.24) is 24.7 Å². The third-order valence-corrected chi connectivity index (χ3v) is 2.24. The summed E-state index contributed by atoms with van der Waals surface area (Å²) in [5, 5.41) is 7.31. The summed E-state index contributed by atoms with van der Waals surface area (Å²) in [5.74, 6) is 1.15. The molecule has 0 bridgehead atoms. The lowest BCUT2D eigenvalue weighted by Gasteiger charge is -2.11. The smallest absolute Gasteiger partial charge is 0.231 e. The molecule has 0 fully saturated rings. The van der Waals surface area contributed by atoms with Gasteiger partial charge in [0.25, 0.3) is 0 Å². The molecule has 0 aliphatic heterocycles. The number of aromatic nitrogens is 5. The van der Waals surface area contributed by atoms with E-state index < -0.39 is 0 Å². The van der Waals surface area contributed by atoms with Gasteiger partial charge in [0, 0.05) is 27.3 Å². The fourth-order valence-electron chi connectivity index (χ4n) is 1.39. The molecule has 0 atom stereocenters. The monoisotopic (exact) mass is 248 g/mol. The maximum absolute atomic E-state index is 5.62. The minimum Gasteiger partial charge on any atom is -0.368 e. The average molecular weight is 248 g/mol. The molecule has 3 N–H and O–H groups in total. The standard InChI is InChI=1S/C10H16N8/c1-17(2)10-14-8(11)13-9(15-10)12-6-7-4-5-18(3)16-7/h4-5H,6H2,1-3H3,(H3,11,12,13,14,15). The summed E-state index contributed by atoms with van der Waals surface area (Å²) < 4.78 is 1.74. The summed E-state index contributed by atoms with van der Waals surface area (Å²) in [6.45, 7) is 0.539. The van der Waals surface area contributed by atoms with Crippen molar-refractivity contribution in [3.05, 3.63) is 18.0 Å². The summed E-state index contributed by atoms with van der Waals surface area (Å²) in [7, 11) is 5.56. The van der Waals surface area contributed by atoms with E-state index in [4.69, 9.17) is 5.73 Å². The molecule has 0 amide bonds. The van der Waals surface area contributed by atoms with E-state index in [2.05, 4.69) is 25.4 Å². The Bertz CT molecular complexity index is 532. The SMILES string of the molecule is CN(C)c1nc(N)nc(NCc2ccn(C)n2)n1. The van der Waals surface area contributed by atoms with Crippen LogP contribution in [-0.2, 0) is 13.6 Å². The highest BCUT2D eigenvalue weighted by Crippen LogP contribution is 2.09. The van der Waals surface area contributed by atoms with Gasteiger partial charge < -0.3 is 16.0 Å². The molecule has 0 aromatic carbocycles. The van der Waals surface area contributed by atoms with Crippen LogP contribution in [0.15, 0.2) is 12.3 Å². The molecule has 96 valence electrons. The minimum atomic E-state index is 0.192. The van der Waals surface area contributed by atoms with Gasteiger partial charge in [-0.3, -0.25) is 4.68 Å². The Morgan fingerprint density at radius 1 is 1.33 bits per heavy atom. The molecule has 8 heteroatoms. The van der Waals surface area contributed by atoms with Gasteiger partial charge >= 0.3 is 0 Å². The van der Waals surface area contributed by atoms with E-state index in [1.807, 2.05) is 33.4 Å². The summed E-state index contributed by atoms with van der Waals surface area (Å²) >= 11 is 0. The first-order chi connectivity index (χ1) is 8.54. The van der Waals surface area contributed by atoms with Crippen molar-refractivity contribution >= 4 is 17.8 Å². The van der Waals surface area contributed by atoms with Gasteiger partial charge in [-0.25, -0.2) is 0 Å². The van der Waals surface area contributed by atoms with Crippen LogP contribution in [0.1, 0.15) is 5.69 Å². The van der Waals surface area contributed by atoms with Crippen LogP contribution in [0, 0.1) is 0 Å². The van der Waals surface area contributed by atoms with Crippen molar-refractivity contribution in [3.8, 4) is 0 Å². The molecular weight excluding hydrogens is 232 g/mol. The Hall–Kier alpha value is -2.38. The van der Waals surface area contributed by atoms with Crippen LogP contribution in [0.5, 0.6) is 0 Å². The zero-order chi connectivity index (χ0) is 13.1. The highest BCUT2D eigenvalue weighted by Gasteiger charge is 2.06. The van der Waals surface area contributed by atoms with Gasteiger partial charge in [0.2, 0.25) is 17.8 Å². The third kappa shape index (κ3) is 2.84. The lowest BCUT2D eigenvalue weighted by atomic mass is 10.4. The first-order valence-electron chi connectivity index (χ1n) is 5.46. The third-order valence-electron chi connectivity index (χ3n) is 2.24. The Kier molecular flexibility index (Phi) is 3.26. The molecule has 0 aliphatic rings. The number of hydrogen-bond donors (Lipinski definition) is 2. The van der Waals surface area contributed by atoms with Gasteiger partial charge in [-0.05, 0) is 6.07 Å². The summed E-state index contributed by atoms with van der Waals surface area (Å²) in [5.41, 5.74) is 6.53. The first-order valence-corrected chi connectivity index (χ1v) is 5.46. The van der Waals surface area contributed by atoms with Crippen LogP contribution in [0.4, 0.5) is 17.8 Å². The molecule has 0 aliphatic carbocycles. The number of hydrogen-bond acceptors (Lipinski definition) is 7. The van der Waals surface area contributed by atoms with Crippen molar-refractivity contribution < 1.29 is 0 Å². The second-order valence-electron chi connectivity index (χ2n) is 4.05. The van der Waals surface area contributed by atoms with Gasteiger partial charge in [0.05, 0.1) is 12.2 Å². The number of nitrogens with two attached hydrogens (primary N) is 1. The van der Waals surface area contributed by atoms with Crippen LogP contribution in [0.2, 0.25) is 0 Å². The zero-order valence-electron chi connectivity index (χ0n) is 10.6. The van der Waals surface area contributed by atoms with E-state index in [0.717, 1.165) is 5.69 Å². The number of aryl methyl sites for hydroxylation is 1. The molecule has 2 aromatic heterocycles. The van der Waals surface area contributed by atoms with Crippen molar-refractivity contribution in [2.24, 2.45) is 7.05 Å². The minimum absolute atomic E-state index is 0.192. The number of nitrogen functional groups attached to an aromatic ring is 1. The molecule has 2 heterocycles. The molecule has 18 heavy (non-hydrogen) atoms. The van der Waals surface area contributed by atoms with E-state index in [1.54, 1.807) is 9.58 Å². The van der Waals surface area contributed by atoms with Crippen LogP contribution in [-0.4, -0.2) is 38.8 Å². The Labute approximate surface area is 105 Å². The van der Waals surface area contributed by atoms with Crippen LogP contribution >= 0.6 is 0 Å². The predicted molar refractivity (Wildman–Crippen MR) is 69.1 cm³/mol. The van der Waals surface area contributed by atoms with E-state index >= 15 is 0 Å². The van der Waals surface area contributed by atoms with Crippen molar-refractivity contribution in [2.75, 3.05) is 30.0 Å². The van der Waals surface area contributed by atoms with E-state index in [1.165, 1.54) is 0 Å². The zero-order valence-corrected chi connectivity index (χ0v) is 10.6. The summed E-state index contributed by atoms with van der Waals surface area (Å²) in [6, 6.07) is 1.92. The second kappa shape index (κ2) is 4.86. The second-order valence-corrected chi connectivity index (χ2v) is 4.05. The van der Waals surface area contributed by atoms with Crippen LogP contribution in [0.25, 0.3) is 0 Å². The Morgan fingerprint density at radius 3 is 2.72 bits per heavy atom. The number of nitrogens with one attached hydrogen (secondary N) is 1. The van der Waals surface area contributed by atoms with Gasteiger partial charge in [-0.1, -0.05) is 0 Å². The van der Waals surface area contributed by atoms with Gasteiger partial charge in [-0.2, -0.15) is 20.1 Å². The quantitative estimate of drug-likeness (QED) is 0.777. The number of anilines is 3. The largest absolute Gasteiger partial charge is 0.368 e. The average Bonchev–Trinajstić information content (AvgIpc) is 2.72. The molecule has 0 saturated carbocycles. The fourth-order valence-corrected chi connectivity index (χ4v) is 1.39. The molecule has 0 spiro atoms. The molecule has 0 unspecified atom stereocenters. The van der Waals surface area contributed by atoms with Crippen molar-refractivity contribution in [1.29, 1.82) is 0 Å². The number of rotatable bonds is 4. The van der Waals surface area contributed by atoms with Crippen molar-refractivity contribution in [2.45, 2.75) is 6.54 Å². The fraction of sp³-hybridized carbons (Fsp3) is 0.400. The van der Waals surface area contributed by atoms with E-state index in [-0.39, 0.29) is 5.95 Å². The topological polar surface area (TPSA) is 97.8 Å². The molecule has 8 nitrogen and oxygen atoms in total. The van der Waals surface area contributed by atoms with Crippen LogP contribution in [0.3, 0.4) is 0 Å². The maximum atomic E-state index is 5.62.